The summed E-state index contributed by atoms with van der Waals surface area (Å²) in [7, 11) is 0. The fourth-order valence-electron chi connectivity index (χ4n) is 1.00. The van der Waals surface area contributed by atoms with Crippen LogP contribution in [0.4, 0.5) is 0 Å². The van der Waals surface area contributed by atoms with Crippen molar-refractivity contribution in [1.29, 1.82) is 0 Å². The van der Waals surface area contributed by atoms with E-state index >= 15 is 0 Å². The molecule has 1 aromatic carbocycles. The van der Waals surface area contributed by atoms with E-state index in [0.29, 0.717) is 5.56 Å². The van der Waals surface area contributed by atoms with E-state index in [1.165, 1.54) is 12.1 Å². The molecule has 0 amide bonds. The summed E-state index contributed by atoms with van der Waals surface area (Å²) in [5.74, 6) is -0.970. The van der Waals surface area contributed by atoms with Gasteiger partial charge >= 0.3 is 5.97 Å². The van der Waals surface area contributed by atoms with Crippen molar-refractivity contribution in [3.63, 3.8) is 0 Å². The largest absolute Gasteiger partial charge is 0.478 e. The summed E-state index contributed by atoms with van der Waals surface area (Å²) in [5.41, 5.74) is 0.870. The molecule has 1 unspecified atom stereocenters. The summed E-state index contributed by atoms with van der Waals surface area (Å²) in [6.45, 7) is 0. The number of benzene rings is 1. The van der Waals surface area contributed by atoms with Crippen molar-refractivity contribution < 1.29 is 15.0 Å². The van der Waals surface area contributed by atoms with Crippen molar-refractivity contribution in [2.75, 3.05) is 0 Å². The lowest BCUT2D eigenvalue weighted by Gasteiger charge is -2.05. The zero-order valence-electron chi connectivity index (χ0n) is 7.22. The number of halogens is 1. The Morgan fingerprint density at radius 3 is 2.36 bits per heavy atom. The fraction of sp³-hybridized carbons (Fsp3) is 0.100. The molecule has 0 saturated heterocycles. The van der Waals surface area contributed by atoms with Gasteiger partial charge in [0, 0.05) is 0 Å². The van der Waals surface area contributed by atoms with E-state index in [-0.39, 0.29) is 5.56 Å². The minimum atomic E-state index is -0.970. The van der Waals surface area contributed by atoms with Gasteiger partial charge in [0.15, 0.2) is 0 Å². The first-order valence-corrected chi connectivity index (χ1v) is 4.85. The van der Waals surface area contributed by atoms with E-state index in [1.807, 2.05) is 0 Å². The maximum Gasteiger partial charge on any atom is 0.335 e. The first-order chi connectivity index (χ1) is 6.65. The number of hydrogen-bond donors (Lipinski definition) is 2. The highest BCUT2D eigenvalue weighted by molar-refractivity contribution is 9.11. The van der Waals surface area contributed by atoms with Gasteiger partial charge in [-0.25, -0.2) is 4.79 Å². The molecule has 1 aromatic rings. The summed E-state index contributed by atoms with van der Waals surface area (Å²) >= 11 is 3.05. The van der Waals surface area contributed by atoms with Gasteiger partial charge in [0.1, 0.15) is 0 Å². The van der Waals surface area contributed by atoms with Crippen LogP contribution in [-0.4, -0.2) is 16.2 Å². The summed E-state index contributed by atoms with van der Waals surface area (Å²) in [6.07, 6.45) is 0.840. The Labute approximate surface area is 89.8 Å². The minimum Gasteiger partial charge on any atom is -0.478 e. The first kappa shape index (κ1) is 10.9. The number of rotatable bonds is 3. The van der Waals surface area contributed by atoms with Crippen LogP contribution in [0.2, 0.25) is 0 Å². The molecule has 0 bridgehead atoms. The van der Waals surface area contributed by atoms with E-state index < -0.39 is 12.1 Å². The van der Waals surface area contributed by atoms with Gasteiger partial charge in [0.05, 0.1) is 11.7 Å². The van der Waals surface area contributed by atoms with Crippen LogP contribution in [0, 0.1) is 0 Å². The van der Waals surface area contributed by atoms with Crippen LogP contribution in [0.1, 0.15) is 22.0 Å². The Kier molecular flexibility index (Phi) is 3.85. The predicted octanol–water partition coefficient (Wildman–Crippen LogP) is 2.33. The minimum absolute atomic E-state index is 0.212. The molecule has 0 heterocycles. The van der Waals surface area contributed by atoms with Gasteiger partial charge < -0.3 is 10.2 Å². The SMILES string of the molecule is O=C(O)c1ccc(C(O)C=CBr)cc1. The van der Waals surface area contributed by atoms with Crippen molar-refractivity contribution in [3.8, 4) is 0 Å². The lowest BCUT2D eigenvalue weighted by Crippen LogP contribution is -1.98. The second kappa shape index (κ2) is 4.93. The molecule has 0 saturated carbocycles. The van der Waals surface area contributed by atoms with Crippen LogP contribution in [0.25, 0.3) is 0 Å². The summed E-state index contributed by atoms with van der Waals surface area (Å²) in [6, 6.07) is 6.09. The Morgan fingerprint density at radius 2 is 1.93 bits per heavy atom. The molecule has 3 nitrogen and oxygen atoms in total. The highest BCUT2D eigenvalue weighted by Gasteiger charge is 2.05. The molecular formula is C10H9BrO3. The molecule has 1 rings (SSSR count). The van der Waals surface area contributed by atoms with E-state index in [0.717, 1.165) is 0 Å². The Bertz CT molecular complexity index is 343. The van der Waals surface area contributed by atoms with Gasteiger partial charge in [-0.05, 0) is 28.8 Å². The van der Waals surface area contributed by atoms with Crippen molar-refractivity contribution >= 4 is 21.9 Å². The molecule has 0 aromatic heterocycles. The topological polar surface area (TPSA) is 57.5 Å². The molecule has 1 atom stereocenters. The highest BCUT2D eigenvalue weighted by atomic mass is 79.9. The molecule has 0 aliphatic heterocycles. The monoisotopic (exact) mass is 256 g/mol. The number of carboxylic acids is 1. The van der Waals surface area contributed by atoms with E-state index in [2.05, 4.69) is 15.9 Å². The van der Waals surface area contributed by atoms with E-state index in [9.17, 15) is 9.90 Å². The van der Waals surface area contributed by atoms with Crippen LogP contribution in [0.3, 0.4) is 0 Å². The van der Waals surface area contributed by atoms with E-state index in [1.54, 1.807) is 23.2 Å². The molecule has 0 radical (unpaired) electrons. The molecule has 4 heteroatoms. The molecular weight excluding hydrogens is 248 g/mol. The molecule has 14 heavy (non-hydrogen) atoms. The Balaban J connectivity index is 2.88. The molecule has 0 spiro atoms. The molecule has 2 N–H and O–H groups in total. The van der Waals surface area contributed by atoms with Gasteiger partial charge in [-0.1, -0.05) is 28.1 Å². The van der Waals surface area contributed by atoms with Crippen LogP contribution in [0.5, 0.6) is 0 Å². The zero-order valence-corrected chi connectivity index (χ0v) is 8.81. The second-order valence-electron chi connectivity index (χ2n) is 2.69. The lowest BCUT2D eigenvalue weighted by molar-refractivity contribution is 0.0696. The summed E-state index contributed by atoms with van der Waals surface area (Å²) in [5, 5.41) is 18.1. The fourth-order valence-corrected chi connectivity index (χ4v) is 1.29. The van der Waals surface area contributed by atoms with Gasteiger partial charge in [-0.2, -0.15) is 0 Å². The number of aliphatic hydroxyl groups is 1. The molecule has 74 valence electrons. The van der Waals surface area contributed by atoms with Crippen LogP contribution in [-0.2, 0) is 0 Å². The normalized spacial score (nSPS) is 13.0. The number of hydrogen-bond acceptors (Lipinski definition) is 2. The standard InChI is InChI=1S/C10H9BrO3/c11-6-5-9(12)7-1-3-8(4-2-7)10(13)14/h1-6,9,12H,(H,13,14). The second-order valence-corrected chi connectivity index (χ2v) is 3.22. The van der Waals surface area contributed by atoms with Crippen LogP contribution in [0.15, 0.2) is 35.3 Å². The third-order valence-corrected chi connectivity index (χ3v) is 2.06. The quantitative estimate of drug-likeness (QED) is 0.873. The number of carbonyl (C=O) groups is 1. The van der Waals surface area contributed by atoms with Gasteiger partial charge in [-0.3, -0.25) is 0 Å². The highest BCUT2D eigenvalue weighted by Crippen LogP contribution is 2.15. The maximum atomic E-state index is 10.5. The maximum absolute atomic E-state index is 10.5. The zero-order chi connectivity index (χ0) is 10.6. The molecule has 0 fully saturated rings. The van der Waals surface area contributed by atoms with Gasteiger partial charge in [0.2, 0.25) is 0 Å². The number of aliphatic hydroxyl groups excluding tert-OH is 1. The van der Waals surface area contributed by atoms with Crippen molar-refractivity contribution in [2.24, 2.45) is 0 Å². The van der Waals surface area contributed by atoms with Crippen molar-refractivity contribution in [1.82, 2.24) is 0 Å². The van der Waals surface area contributed by atoms with Crippen molar-refractivity contribution in [3.05, 3.63) is 46.5 Å². The molecule has 0 aliphatic carbocycles. The van der Waals surface area contributed by atoms with Crippen LogP contribution < -0.4 is 0 Å². The Morgan fingerprint density at radius 1 is 1.36 bits per heavy atom. The predicted molar refractivity (Wildman–Crippen MR) is 56.4 cm³/mol. The van der Waals surface area contributed by atoms with Gasteiger partial charge in [-0.15, -0.1) is 0 Å². The van der Waals surface area contributed by atoms with Crippen LogP contribution >= 0.6 is 15.9 Å². The third-order valence-electron chi connectivity index (χ3n) is 1.75. The first-order valence-electron chi connectivity index (χ1n) is 3.93. The lowest BCUT2D eigenvalue weighted by atomic mass is 10.1. The number of aromatic carboxylic acids is 1. The third kappa shape index (κ3) is 2.68. The van der Waals surface area contributed by atoms with Gasteiger partial charge in [0.25, 0.3) is 0 Å². The van der Waals surface area contributed by atoms with Crippen molar-refractivity contribution in [2.45, 2.75) is 6.10 Å². The average Bonchev–Trinajstić information content (AvgIpc) is 2.18. The summed E-state index contributed by atoms with van der Waals surface area (Å²) < 4.78 is 0. The number of carboxylic acid groups (broad SMARTS) is 1. The Hall–Kier alpha value is -1.13. The molecule has 0 aliphatic rings. The average molecular weight is 257 g/mol. The van der Waals surface area contributed by atoms with E-state index in [4.69, 9.17) is 5.11 Å². The smallest absolute Gasteiger partial charge is 0.335 e. The summed E-state index contributed by atoms with van der Waals surface area (Å²) in [4.78, 5) is 12.1.